The van der Waals surface area contributed by atoms with Gasteiger partial charge < -0.3 is 29.8 Å². The summed E-state index contributed by atoms with van der Waals surface area (Å²) in [6.45, 7) is 0.212. The van der Waals surface area contributed by atoms with E-state index in [0.717, 1.165) is 44.2 Å². The number of halogens is 3. The first-order valence-corrected chi connectivity index (χ1v) is 13.1. The maximum atomic E-state index is 13.1. The van der Waals surface area contributed by atoms with Gasteiger partial charge in [0.25, 0.3) is 0 Å². The second-order valence-electron chi connectivity index (χ2n) is 10.4. The molecule has 0 spiro atoms. The zero-order chi connectivity index (χ0) is 27.1. The molecule has 2 saturated heterocycles. The van der Waals surface area contributed by atoms with Crippen molar-refractivity contribution in [3.63, 3.8) is 0 Å². The van der Waals surface area contributed by atoms with Gasteiger partial charge in [0.15, 0.2) is 5.84 Å². The highest BCUT2D eigenvalue weighted by molar-refractivity contribution is 5.97. The number of anilines is 1. The zero-order valence-electron chi connectivity index (χ0n) is 21.1. The van der Waals surface area contributed by atoms with Crippen LogP contribution in [-0.4, -0.2) is 40.7 Å². The first kappa shape index (κ1) is 25.5. The Bertz CT molecular complexity index is 1340. The average molecular weight is 543 g/mol. The van der Waals surface area contributed by atoms with Crippen molar-refractivity contribution in [2.75, 3.05) is 4.90 Å². The largest absolute Gasteiger partial charge is 0.573 e. The number of oxime groups is 1. The SMILES string of the molecule is N/C(=N\O)c1ccc(N2C3CCC2CC(OCc2c(-c4ccccc4OC(F)(F)F)noc2C2CC2)C3)cc1. The summed E-state index contributed by atoms with van der Waals surface area (Å²) in [5.74, 6) is 0.665. The number of fused-ring (bicyclic) bond motifs is 2. The summed E-state index contributed by atoms with van der Waals surface area (Å²) >= 11 is 0. The van der Waals surface area contributed by atoms with Crippen molar-refractivity contribution < 1.29 is 32.4 Å². The number of nitrogens with two attached hydrogens (primary N) is 1. The third-order valence-corrected chi connectivity index (χ3v) is 7.86. The van der Waals surface area contributed by atoms with Crippen molar-refractivity contribution in [3.8, 4) is 17.0 Å². The van der Waals surface area contributed by atoms with Crippen molar-refractivity contribution in [2.45, 2.75) is 75.6 Å². The van der Waals surface area contributed by atoms with Gasteiger partial charge in [0.1, 0.15) is 17.2 Å². The predicted octanol–water partition coefficient (Wildman–Crippen LogP) is 5.93. The van der Waals surface area contributed by atoms with Gasteiger partial charge in [0, 0.05) is 40.4 Å². The molecule has 1 saturated carbocycles. The molecule has 11 heteroatoms. The highest BCUT2D eigenvalue weighted by Gasteiger charge is 2.42. The summed E-state index contributed by atoms with van der Waals surface area (Å²) in [5.41, 5.74) is 8.71. The van der Waals surface area contributed by atoms with Crippen LogP contribution in [0.15, 0.2) is 58.2 Å². The van der Waals surface area contributed by atoms with E-state index in [2.05, 4.69) is 19.9 Å². The van der Waals surface area contributed by atoms with Crippen LogP contribution in [0.3, 0.4) is 0 Å². The van der Waals surface area contributed by atoms with Crippen molar-refractivity contribution in [1.29, 1.82) is 0 Å². The second-order valence-corrected chi connectivity index (χ2v) is 10.4. The highest BCUT2D eigenvalue weighted by atomic mass is 19.4. The molecule has 2 unspecified atom stereocenters. The molecule has 2 atom stereocenters. The predicted molar refractivity (Wildman–Crippen MR) is 137 cm³/mol. The van der Waals surface area contributed by atoms with Gasteiger partial charge in [-0.2, -0.15) is 0 Å². The number of amidine groups is 1. The maximum Gasteiger partial charge on any atom is 0.573 e. The number of hydrogen-bond acceptors (Lipinski definition) is 7. The number of ether oxygens (including phenoxy) is 2. The molecule has 0 amide bonds. The molecule has 2 aliphatic heterocycles. The Morgan fingerprint density at radius 1 is 1.05 bits per heavy atom. The Morgan fingerprint density at radius 3 is 2.38 bits per heavy atom. The smallest absolute Gasteiger partial charge is 0.409 e. The number of alkyl halides is 3. The van der Waals surface area contributed by atoms with Crippen LogP contribution in [0.5, 0.6) is 5.75 Å². The van der Waals surface area contributed by atoms with Crippen molar-refractivity contribution in [2.24, 2.45) is 10.9 Å². The molecule has 3 heterocycles. The second kappa shape index (κ2) is 10.1. The van der Waals surface area contributed by atoms with Crippen molar-refractivity contribution >= 4 is 11.5 Å². The lowest BCUT2D eigenvalue weighted by atomic mass is 9.98. The Morgan fingerprint density at radius 2 is 1.74 bits per heavy atom. The summed E-state index contributed by atoms with van der Waals surface area (Å²) < 4.78 is 55.6. The molecular weight excluding hydrogens is 513 g/mol. The fourth-order valence-electron chi connectivity index (χ4n) is 5.96. The normalized spacial score (nSPS) is 23.3. The number of nitrogens with zero attached hydrogens (tertiary/aromatic N) is 3. The van der Waals surface area contributed by atoms with Gasteiger partial charge in [0.2, 0.25) is 0 Å². The molecular formula is C28H29F3N4O4. The minimum atomic E-state index is -4.82. The molecule has 2 bridgehead atoms. The van der Waals surface area contributed by atoms with Crippen LogP contribution in [0, 0.1) is 0 Å². The first-order valence-electron chi connectivity index (χ1n) is 13.1. The molecule has 3 fully saturated rings. The van der Waals surface area contributed by atoms with Gasteiger partial charge >= 0.3 is 6.36 Å². The van der Waals surface area contributed by atoms with E-state index in [1.807, 2.05) is 24.3 Å². The average Bonchev–Trinajstić information content (AvgIpc) is 3.62. The summed E-state index contributed by atoms with van der Waals surface area (Å²) in [4.78, 5) is 2.43. The van der Waals surface area contributed by atoms with Crippen molar-refractivity contribution in [3.05, 3.63) is 65.4 Å². The minimum absolute atomic E-state index is 0.00617. The van der Waals surface area contributed by atoms with Crippen LogP contribution < -0.4 is 15.4 Å². The monoisotopic (exact) mass is 542 g/mol. The lowest BCUT2D eigenvalue weighted by molar-refractivity contribution is -0.274. The van der Waals surface area contributed by atoms with E-state index < -0.39 is 6.36 Å². The van der Waals surface area contributed by atoms with E-state index in [9.17, 15) is 13.2 Å². The molecule has 206 valence electrons. The number of piperidine rings is 1. The lowest BCUT2D eigenvalue weighted by Gasteiger charge is -2.40. The summed E-state index contributed by atoms with van der Waals surface area (Å²) in [7, 11) is 0. The van der Waals surface area contributed by atoms with Crippen LogP contribution in [0.1, 0.15) is 61.3 Å². The summed E-state index contributed by atoms with van der Waals surface area (Å²) in [6.07, 6.45) is 0.895. The molecule has 2 aromatic carbocycles. The first-order chi connectivity index (χ1) is 18.8. The van der Waals surface area contributed by atoms with Gasteiger partial charge in [-0.05, 0) is 74.9 Å². The minimum Gasteiger partial charge on any atom is -0.409 e. The third kappa shape index (κ3) is 5.27. The number of benzene rings is 2. The Kier molecular flexibility index (Phi) is 6.62. The van der Waals surface area contributed by atoms with E-state index in [4.69, 9.17) is 20.2 Å². The fraction of sp³-hybridized carbons (Fsp3) is 0.429. The summed E-state index contributed by atoms with van der Waals surface area (Å²) in [6, 6.07) is 14.3. The number of hydrogen-bond donors (Lipinski definition) is 2. The Labute approximate surface area is 223 Å². The van der Waals surface area contributed by atoms with E-state index in [1.165, 1.54) is 12.1 Å². The molecule has 3 aliphatic rings. The third-order valence-electron chi connectivity index (χ3n) is 7.86. The van der Waals surface area contributed by atoms with E-state index in [-0.39, 0.29) is 35.8 Å². The Hall–Kier alpha value is -3.73. The van der Waals surface area contributed by atoms with Crippen LogP contribution in [-0.2, 0) is 11.3 Å². The molecule has 3 N–H and O–H groups in total. The van der Waals surface area contributed by atoms with Gasteiger partial charge in [-0.3, -0.25) is 0 Å². The highest BCUT2D eigenvalue weighted by Crippen LogP contribution is 2.46. The van der Waals surface area contributed by atoms with E-state index >= 15 is 0 Å². The fourth-order valence-corrected chi connectivity index (χ4v) is 5.96. The van der Waals surface area contributed by atoms with Gasteiger partial charge in [-0.15, -0.1) is 13.2 Å². The number of para-hydroxylation sites is 1. The maximum absolute atomic E-state index is 13.1. The van der Waals surface area contributed by atoms with Gasteiger partial charge in [-0.1, -0.05) is 22.4 Å². The zero-order valence-corrected chi connectivity index (χ0v) is 21.1. The molecule has 6 rings (SSSR count). The number of rotatable bonds is 8. The molecule has 0 radical (unpaired) electrons. The quantitative estimate of drug-likeness (QED) is 0.157. The van der Waals surface area contributed by atoms with E-state index in [0.29, 0.717) is 34.7 Å². The van der Waals surface area contributed by atoms with Crippen LogP contribution in [0.2, 0.25) is 0 Å². The number of aromatic nitrogens is 1. The molecule has 39 heavy (non-hydrogen) atoms. The van der Waals surface area contributed by atoms with Crippen LogP contribution in [0.25, 0.3) is 11.3 Å². The molecule has 1 aliphatic carbocycles. The Balaban J connectivity index is 1.18. The molecule has 1 aromatic heterocycles. The lowest BCUT2D eigenvalue weighted by Crippen LogP contribution is -2.45. The van der Waals surface area contributed by atoms with Gasteiger partial charge in [-0.25, -0.2) is 0 Å². The van der Waals surface area contributed by atoms with Crippen molar-refractivity contribution in [1.82, 2.24) is 5.16 Å². The van der Waals surface area contributed by atoms with Gasteiger partial charge in [0.05, 0.1) is 12.7 Å². The van der Waals surface area contributed by atoms with Crippen LogP contribution in [0.4, 0.5) is 18.9 Å². The van der Waals surface area contributed by atoms with Crippen LogP contribution >= 0.6 is 0 Å². The standard InChI is InChI=1S/C28H29F3N4O4/c29-28(30,31)38-24-4-2-1-3-22(24)25-23(26(39-34-25)16-5-6-16)15-37-21-13-19-11-12-20(14-21)35(19)18-9-7-17(8-10-18)27(32)33-36/h1-4,7-10,16,19-21,36H,5-6,11-15H2,(H2,32,33). The van der Waals surface area contributed by atoms with E-state index in [1.54, 1.807) is 12.1 Å². The molecule has 3 aromatic rings. The summed E-state index contributed by atoms with van der Waals surface area (Å²) in [5, 5.41) is 16.2. The topological polar surface area (TPSA) is 106 Å². The molecule has 8 nitrogen and oxygen atoms in total.